The fraction of sp³-hybridized carbons (Fsp3) is 0.0588. The molecule has 0 aliphatic carbocycles. The van der Waals surface area contributed by atoms with E-state index >= 15 is 0 Å². The second-order valence-electron chi connectivity index (χ2n) is 4.71. The summed E-state index contributed by atoms with van der Waals surface area (Å²) in [7, 11) is 0. The first-order valence-corrected chi connectivity index (χ1v) is 9.63. The largest absolute Gasteiger partial charge is 0.0786 e. The van der Waals surface area contributed by atoms with Crippen molar-refractivity contribution >= 4 is 74.5 Å². The van der Waals surface area contributed by atoms with E-state index in [1.807, 2.05) is 6.07 Å². The van der Waals surface area contributed by atoms with Crippen LogP contribution in [0.4, 0.5) is 0 Å². The molecule has 0 radical (unpaired) electrons. The molecule has 0 N–H and O–H groups in total. The first-order chi connectivity index (χ1) is 10.1. The Morgan fingerprint density at radius 1 is 0.667 bits per heavy atom. The van der Waals surface area contributed by atoms with Crippen molar-refractivity contribution in [2.45, 2.75) is 4.83 Å². The Morgan fingerprint density at radius 3 is 2.10 bits per heavy atom. The Kier molecular flexibility index (Phi) is 4.89. The zero-order valence-electron chi connectivity index (χ0n) is 10.8. The SMILES string of the molecule is Brc1ccc(Br)c(C(Br)c2ccc(Br)c3ccccc23)c1. The molecular weight excluding hydrogens is 524 g/mol. The Bertz CT molecular complexity index is 811. The number of benzene rings is 3. The van der Waals surface area contributed by atoms with E-state index in [-0.39, 0.29) is 4.83 Å². The molecule has 0 spiro atoms. The van der Waals surface area contributed by atoms with Gasteiger partial charge in [0.15, 0.2) is 0 Å². The molecule has 0 fully saturated rings. The van der Waals surface area contributed by atoms with Gasteiger partial charge in [0.2, 0.25) is 0 Å². The molecule has 0 aliphatic rings. The van der Waals surface area contributed by atoms with Crippen molar-refractivity contribution in [3.63, 3.8) is 0 Å². The number of hydrogen-bond donors (Lipinski definition) is 0. The summed E-state index contributed by atoms with van der Waals surface area (Å²) in [4.78, 5) is 0.127. The molecular formula is C17H10Br4. The number of rotatable bonds is 2. The average molecular weight is 534 g/mol. The molecule has 3 rings (SSSR count). The molecule has 4 heteroatoms. The zero-order valence-corrected chi connectivity index (χ0v) is 17.1. The quantitative estimate of drug-likeness (QED) is 0.297. The van der Waals surface area contributed by atoms with Crippen molar-refractivity contribution in [1.82, 2.24) is 0 Å². The first-order valence-electron chi connectivity index (χ1n) is 6.34. The lowest BCUT2D eigenvalue weighted by Gasteiger charge is -2.16. The normalized spacial score (nSPS) is 12.6. The van der Waals surface area contributed by atoms with Gasteiger partial charge in [0.05, 0.1) is 4.83 Å². The van der Waals surface area contributed by atoms with Crippen LogP contribution in [0.5, 0.6) is 0 Å². The summed E-state index contributed by atoms with van der Waals surface area (Å²) in [5, 5.41) is 2.48. The molecule has 21 heavy (non-hydrogen) atoms. The number of alkyl halides is 1. The molecule has 1 unspecified atom stereocenters. The third-order valence-electron chi connectivity index (χ3n) is 3.41. The van der Waals surface area contributed by atoms with E-state index in [0.29, 0.717) is 0 Å². The maximum absolute atomic E-state index is 3.86. The summed E-state index contributed by atoms with van der Waals surface area (Å²) >= 11 is 14.7. The molecule has 0 aliphatic heterocycles. The average Bonchev–Trinajstić information content (AvgIpc) is 2.50. The van der Waals surface area contributed by atoms with Gasteiger partial charge < -0.3 is 0 Å². The molecule has 0 aromatic heterocycles. The number of hydrogen-bond acceptors (Lipinski definition) is 0. The van der Waals surface area contributed by atoms with E-state index in [2.05, 4.69) is 112 Å². The Morgan fingerprint density at radius 2 is 1.33 bits per heavy atom. The molecule has 0 saturated carbocycles. The molecule has 0 nitrogen and oxygen atoms in total. The van der Waals surface area contributed by atoms with Crippen LogP contribution in [-0.2, 0) is 0 Å². The van der Waals surface area contributed by atoms with Gasteiger partial charge in [0, 0.05) is 13.4 Å². The highest BCUT2D eigenvalue weighted by Crippen LogP contribution is 2.41. The minimum absolute atomic E-state index is 0.127. The topological polar surface area (TPSA) is 0 Å². The molecule has 1 atom stereocenters. The Balaban J connectivity index is 2.20. The van der Waals surface area contributed by atoms with E-state index in [1.54, 1.807) is 0 Å². The summed E-state index contributed by atoms with van der Waals surface area (Å²) in [5.74, 6) is 0. The van der Waals surface area contributed by atoms with E-state index in [1.165, 1.54) is 21.9 Å². The molecule has 3 aromatic carbocycles. The Hall–Kier alpha value is -0.160. The van der Waals surface area contributed by atoms with Crippen LogP contribution in [0.3, 0.4) is 0 Å². The lowest BCUT2D eigenvalue weighted by molar-refractivity contribution is 1.18. The van der Waals surface area contributed by atoms with Crippen molar-refractivity contribution in [2.75, 3.05) is 0 Å². The summed E-state index contributed by atoms with van der Waals surface area (Å²) in [5.41, 5.74) is 2.46. The Labute approximate surface area is 157 Å². The molecule has 0 bridgehead atoms. The van der Waals surface area contributed by atoms with Crippen LogP contribution in [0.15, 0.2) is 68.0 Å². The predicted molar refractivity (Wildman–Crippen MR) is 104 cm³/mol. The van der Waals surface area contributed by atoms with Crippen LogP contribution in [-0.4, -0.2) is 0 Å². The van der Waals surface area contributed by atoms with E-state index in [0.717, 1.165) is 13.4 Å². The van der Waals surface area contributed by atoms with Gasteiger partial charge in [-0.15, -0.1) is 0 Å². The lowest BCUT2D eigenvalue weighted by Crippen LogP contribution is -1.96. The van der Waals surface area contributed by atoms with Crippen molar-refractivity contribution < 1.29 is 0 Å². The highest BCUT2D eigenvalue weighted by atomic mass is 79.9. The van der Waals surface area contributed by atoms with Gasteiger partial charge >= 0.3 is 0 Å². The lowest BCUT2D eigenvalue weighted by atomic mass is 9.98. The molecule has 0 heterocycles. The second-order valence-corrected chi connectivity index (χ2v) is 8.25. The first kappa shape index (κ1) is 15.7. The van der Waals surface area contributed by atoms with E-state index in [4.69, 9.17) is 0 Å². The van der Waals surface area contributed by atoms with Crippen molar-refractivity contribution in [2.24, 2.45) is 0 Å². The highest BCUT2D eigenvalue weighted by Gasteiger charge is 2.17. The zero-order chi connectivity index (χ0) is 15.0. The van der Waals surface area contributed by atoms with E-state index in [9.17, 15) is 0 Å². The fourth-order valence-electron chi connectivity index (χ4n) is 2.38. The van der Waals surface area contributed by atoms with Gasteiger partial charge in [-0.05, 0) is 46.2 Å². The highest BCUT2D eigenvalue weighted by molar-refractivity contribution is 9.11. The van der Waals surface area contributed by atoms with Crippen LogP contribution < -0.4 is 0 Å². The molecule has 0 amide bonds. The van der Waals surface area contributed by atoms with Gasteiger partial charge in [-0.25, -0.2) is 0 Å². The smallest absolute Gasteiger partial charge is 0.0662 e. The van der Waals surface area contributed by atoms with Crippen LogP contribution in [0.1, 0.15) is 16.0 Å². The maximum Gasteiger partial charge on any atom is 0.0662 e. The minimum Gasteiger partial charge on any atom is -0.0786 e. The fourth-order valence-corrected chi connectivity index (χ4v) is 4.80. The molecule has 3 aromatic rings. The molecule has 106 valence electrons. The predicted octanol–water partition coefficient (Wildman–Crippen LogP) is 7.61. The van der Waals surface area contributed by atoms with Gasteiger partial charge in [0.25, 0.3) is 0 Å². The third kappa shape index (κ3) is 3.14. The van der Waals surface area contributed by atoms with E-state index < -0.39 is 0 Å². The van der Waals surface area contributed by atoms with Crippen molar-refractivity contribution in [3.8, 4) is 0 Å². The summed E-state index contributed by atoms with van der Waals surface area (Å²) in [6.07, 6.45) is 0. The summed E-state index contributed by atoms with van der Waals surface area (Å²) in [6.45, 7) is 0. The minimum atomic E-state index is 0.127. The van der Waals surface area contributed by atoms with Gasteiger partial charge in [-0.2, -0.15) is 0 Å². The van der Waals surface area contributed by atoms with Gasteiger partial charge in [-0.3, -0.25) is 0 Å². The molecule has 0 saturated heterocycles. The number of halogens is 4. The van der Waals surface area contributed by atoms with Crippen molar-refractivity contribution in [1.29, 1.82) is 0 Å². The van der Waals surface area contributed by atoms with Crippen LogP contribution in [0.2, 0.25) is 0 Å². The number of fused-ring (bicyclic) bond motifs is 1. The summed E-state index contributed by atoms with van der Waals surface area (Å²) in [6, 6.07) is 19.0. The summed E-state index contributed by atoms with van der Waals surface area (Å²) < 4.78 is 3.29. The van der Waals surface area contributed by atoms with Crippen LogP contribution in [0, 0.1) is 0 Å². The standard InChI is InChI=1S/C17H10Br4/c18-10-5-7-16(20)14(9-10)17(21)13-6-8-15(19)12-4-2-1-3-11(12)13/h1-9,17H. The van der Waals surface area contributed by atoms with Gasteiger partial charge in [0.1, 0.15) is 0 Å². The monoisotopic (exact) mass is 530 g/mol. The second kappa shape index (κ2) is 6.53. The maximum atomic E-state index is 3.86. The van der Waals surface area contributed by atoms with Crippen LogP contribution in [0.25, 0.3) is 10.8 Å². The van der Waals surface area contributed by atoms with Crippen LogP contribution >= 0.6 is 63.7 Å². The third-order valence-corrected chi connectivity index (χ3v) is 6.30. The van der Waals surface area contributed by atoms with Crippen molar-refractivity contribution in [3.05, 3.63) is 79.1 Å². The van der Waals surface area contributed by atoms with Gasteiger partial charge in [-0.1, -0.05) is 94.1 Å².